The Kier molecular flexibility index (Phi) is 4.09. The largest absolute Gasteiger partial charge is 0.506 e. The first-order valence-electron chi connectivity index (χ1n) is 6.54. The lowest BCUT2D eigenvalue weighted by Crippen LogP contribution is -2.30. The van der Waals surface area contributed by atoms with Crippen LogP contribution in [0.5, 0.6) is 5.75 Å². The van der Waals surface area contributed by atoms with Crippen molar-refractivity contribution in [2.45, 2.75) is 18.7 Å². The van der Waals surface area contributed by atoms with Crippen LogP contribution in [0.2, 0.25) is 0 Å². The van der Waals surface area contributed by atoms with Gasteiger partial charge >= 0.3 is 0 Å². The molecule has 0 fully saturated rings. The number of aromatic hydroxyl groups is 1. The lowest BCUT2D eigenvalue weighted by molar-refractivity contribution is 0.477. The van der Waals surface area contributed by atoms with E-state index >= 15 is 0 Å². The number of sulfonamides is 1. The minimum absolute atomic E-state index is 0.0383. The van der Waals surface area contributed by atoms with Crippen molar-refractivity contribution >= 4 is 21.4 Å². The first kappa shape index (κ1) is 15.2. The summed E-state index contributed by atoms with van der Waals surface area (Å²) in [7, 11) is -3.72. The third kappa shape index (κ3) is 2.95. The lowest BCUT2D eigenvalue weighted by Gasteiger charge is -2.23. The molecule has 0 bridgehead atoms. The molecule has 112 valence electrons. The van der Waals surface area contributed by atoms with Crippen molar-refractivity contribution in [3.63, 3.8) is 0 Å². The van der Waals surface area contributed by atoms with Crippen molar-refractivity contribution in [1.29, 1.82) is 0 Å². The maximum Gasteiger partial charge on any atom is 0.264 e. The molecule has 0 aliphatic carbocycles. The van der Waals surface area contributed by atoms with E-state index in [1.807, 2.05) is 25.1 Å². The second-order valence-corrected chi connectivity index (χ2v) is 6.59. The molecule has 0 radical (unpaired) electrons. The summed E-state index contributed by atoms with van der Waals surface area (Å²) >= 11 is 0. The highest BCUT2D eigenvalue weighted by Gasteiger charge is 2.24. The zero-order valence-corrected chi connectivity index (χ0v) is 12.8. The first-order chi connectivity index (χ1) is 9.86. The molecular formula is C15H18N2O3S. The fraction of sp³-hybridized carbons (Fsp3) is 0.200. The number of nitrogens with two attached hydrogens (primary N) is 1. The molecule has 0 aromatic heterocycles. The molecule has 0 saturated carbocycles. The van der Waals surface area contributed by atoms with E-state index in [4.69, 9.17) is 5.73 Å². The van der Waals surface area contributed by atoms with Crippen molar-refractivity contribution in [3.8, 4) is 5.75 Å². The van der Waals surface area contributed by atoms with Crippen molar-refractivity contribution < 1.29 is 13.5 Å². The van der Waals surface area contributed by atoms with E-state index in [0.717, 1.165) is 5.56 Å². The highest BCUT2D eigenvalue weighted by atomic mass is 32.2. The summed E-state index contributed by atoms with van der Waals surface area (Å²) in [6.07, 6.45) is 0. The Hall–Kier alpha value is -2.21. The molecule has 5 nitrogen and oxygen atoms in total. The highest BCUT2D eigenvalue weighted by Crippen LogP contribution is 2.28. The van der Waals surface area contributed by atoms with E-state index in [0.29, 0.717) is 12.2 Å². The molecule has 2 rings (SSSR count). The zero-order chi connectivity index (χ0) is 15.6. The summed E-state index contributed by atoms with van der Waals surface area (Å²) in [6, 6.07) is 11.2. The molecule has 6 heteroatoms. The fourth-order valence-electron chi connectivity index (χ4n) is 2.09. The number of anilines is 2. The predicted octanol–water partition coefficient (Wildman–Crippen LogP) is 2.50. The van der Waals surface area contributed by atoms with Gasteiger partial charge < -0.3 is 10.8 Å². The van der Waals surface area contributed by atoms with E-state index < -0.39 is 10.0 Å². The second-order valence-electron chi connectivity index (χ2n) is 4.73. The van der Waals surface area contributed by atoms with Crippen LogP contribution in [0.15, 0.2) is 47.4 Å². The summed E-state index contributed by atoms with van der Waals surface area (Å²) in [4.78, 5) is 0.0566. The molecule has 0 heterocycles. The van der Waals surface area contributed by atoms with Gasteiger partial charge in [0.1, 0.15) is 5.75 Å². The van der Waals surface area contributed by atoms with Gasteiger partial charge in [0.2, 0.25) is 0 Å². The van der Waals surface area contributed by atoms with Crippen LogP contribution >= 0.6 is 0 Å². The van der Waals surface area contributed by atoms with E-state index in [1.54, 1.807) is 13.0 Å². The summed E-state index contributed by atoms with van der Waals surface area (Å²) in [6.45, 7) is 3.97. The van der Waals surface area contributed by atoms with Gasteiger partial charge in [0.25, 0.3) is 10.0 Å². The van der Waals surface area contributed by atoms with Crippen LogP contribution in [0.1, 0.15) is 12.5 Å². The highest BCUT2D eigenvalue weighted by molar-refractivity contribution is 7.92. The van der Waals surface area contributed by atoms with E-state index in [9.17, 15) is 13.5 Å². The number of nitrogen functional groups attached to an aromatic ring is 1. The minimum atomic E-state index is -3.72. The number of benzene rings is 2. The van der Waals surface area contributed by atoms with Crippen LogP contribution in [0.4, 0.5) is 11.4 Å². The molecule has 0 unspecified atom stereocenters. The van der Waals surface area contributed by atoms with Gasteiger partial charge in [-0.2, -0.15) is 0 Å². The Morgan fingerprint density at radius 3 is 2.48 bits per heavy atom. The van der Waals surface area contributed by atoms with Crippen molar-refractivity contribution in [2.24, 2.45) is 0 Å². The molecule has 3 N–H and O–H groups in total. The van der Waals surface area contributed by atoms with Gasteiger partial charge in [0, 0.05) is 6.54 Å². The average Bonchev–Trinajstić information content (AvgIpc) is 2.42. The summed E-state index contributed by atoms with van der Waals surface area (Å²) < 4.78 is 26.8. The van der Waals surface area contributed by atoms with Crippen molar-refractivity contribution in [2.75, 3.05) is 16.6 Å². The van der Waals surface area contributed by atoms with Gasteiger partial charge in [-0.25, -0.2) is 8.42 Å². The molecule has 0 aliphatic rings. The van der Waals surface area contributed by atoms with E-state index in [-0.39, 0.29) is 16.3 Å². The zero-order valence-electron chi connectivity index (χ0n) is 11.9. The van der Waals surface area contributed by atoms with Crippen LogP contribution in [0.3, 0.4) is 0 Å². The predicted molar refractivity (Wildman–Crippen MR) is 83.9 cm³/mol. The molecule has 2 aromatic rings. The second kappa shape index (κ2) is 5.65. The van der Waals surface area contributed by atoms with Gasteiger partial charge in [-0.15, -0.1) is 0 Å². The Bertz CT molecular complexity index is 757. The normalized spacial score (nSPS) is 11.3. The molecule has 0 amide bonds. The monoisotopic (exact) mass is 306 g/mol. The summed E-state index contributed by atoms with van der Waals surface area (Å²) in [5.41, 5.74) is 7.21. The quantitative estimate of drug-likeness (QED) is 0.671. The van der Waals surface area contributed by atoms with E-state index in [2.05, 4.69) is 0 Å². The van der Waals surface area contributed by atoms with Crippen molar-refractivity contribution in [1.82, 2.24) is 0 Å². The van der Waals surface area contributed by atoms with Gasteiger partial charge in [0.05, 0.1) is 16.3 Å². The van der Waals surface area contributed by atoms with Gasteiger partial charge in [0.15, 0.2) is 0 Å². The molecular weight excluding hydrogens is 288 g/mol. The average molecular weight is 306 g/mol. The number of nitrogens with zero attached hydrogens (tertiary/aromatic N) is 1. The van der Waals surface area contributed by atoms with Gasteiger partial charge in [-0.1, -0.05) is 12.1 Å². The Morgan fingerprint density at radius 2 is 1.90 bits per heavy atom. The molecule has 0 atom stereocenters. The maximum absolute atomic E-state index is 12.7. The number of aryl methyl sites for hydroxylation is 1. The summed E-state index contributed by atoms with van der Waals surface area (Å²) in [5.74, 6) is -0.132. The number of rotatable bonds is 4. The SMILES string of the molecule is CCN(c1cccc(C)c1)S(=O)(=O)c1ccc(O)c(N)c1. The lowest BCUT2D eigenvalue weighted by atomic mass is 10.2. The smallest absolute Gasteiger partial charge is 0.264 e. The molecule has 0 aliphatic heterocycles. The van der Waals surface area contributed by atoms with Crippen molar-refractivity contribution in [3.05, 3.63) is 48.0 Å². The van der Waals surface area contributed by atoms with Gasteiger partial charge in [-0.3, -0.25) is 4.31 Å². The van der Waals surface area contributed by atoms with Crippen LogP contribution in [0, 0.1) is 6.92 Å². The van der Waals surface area contributed by atoms with Gasteiger partial charge in [-0.05, 0) is 49.7 Å². The van der Waals surface area contributed by atoms with Crippen LogP contribution in [0.25, 0.3) is 0 Å². The third-order valence-electron chi connectivity index (χ3n) is 3.16. The molecule has 2 aromatic carbocycles. The first-order valence-corrected chi connectivity index (χ1v) is 7.98. The third-order valence-corrected chi connectivity index (χ3v) is 5.06. The number of hydrogen-bond acceptors (Lipinski definition) is 4. The molecule has 0 saturated heterocycles. The number of phenolic OH excluding ortho intramolecular Hbond substituents is 1. The Balaban J connectivity index is 2.51. The summed E-state index contributed by atoms with van der Waals surface area (Å²) in [5, 5.41) is 9.43. The van der Waals surface area contributed by atoms with Crippen LogP contribution < -0.4 is 10.0 Å². The van der Waals surface area contributed by atoms with Crippen LogP contribution in [-0.4, -0.2) is 20.1 Å². The van der Waals surface area contributed by atoms with Crippen LogP contribution in [-0.2, 0) is 10.0 Å². The maximum atomic E-state index is 12.7. The molecule has 0 spiro atoms. The standard InChI is InChI=1S/C15H18N2O3S/c1-3-17(12-6-4-5-11(2)9-12)21(19,20)13-7-8-15(18)14(16)10-13/h4-10,18H,3,16H2,1-2H3. The van der Waals surface area contributed by atoms with E-state index in [1.165, 1.54) is 22.5 Å². The topological polar surface area (TPSA) is 83.6 Å². The minimum Gasteiger partial charge on any atom is -0.506 e. The Labute approximate surface area is 124 Å². The molecule has 21 heavy (non-hydrogen) atoms. The number of hydrogen-bond donors (Lipinski definition) is 2. The number of phenols is 1. The fourth-order valence-corrected chi connectivity index (χ4v) is 3.60. The Morgan fingerprint density at radius 1 is 1.19 bits per heavy atom.